The fourth-order valence-corrected chi connectivity index (χ4v) is 5.12. The molecule has 1 saturated carbocycles. The van der Waals surface area contributed by atoms with Crippen molar-refractivity contribution in [2.24, 2.45) is 0 Å². The van der Waals surface area contributed by atoms with Crippen LogP contribution in [0.4, 0.5) is 0 Å². The molecule has 1 heterocycles. The van der Waals surface area contributed by atoms with Crippen molar-refractivity contribution in [1.82, 2.24) is 5.32 Å². The summed E-state index contributed by atoms with van der Waals surface area (Å²) in [6.07, 6.45) is 6.09. The van der Waals surface area contributed by atoms with Crippen molar-refractivity contribution in [2.45, 2.75) is 43.8 Å². The Balaban J connectivity index is 1.64. The Bertz CT molecular complexity index is 448. The molecule has 0 amide bonds. The molecule has 1 aromatic rings. The van der Waals surface area contributed by atoms with E-state index in [1.165, 1.54) is 11.3 Å². The maximum atomic E-state index is 12.1. The summed E-state index contributed by atoms with van der Waals surface area (Å²) in [7, 11) is -2.88. The van der Waals surface area contributed by atoms with E-state index >= 15 is 0 Å². The first-order valence-electron chi connectivity index (χ1n) is 7.13. The topological polar surface area (TPSA) is 46.2 Å². The molecule has 0 radical (unpaired) electrons. The molecular formula is C14H23NO2S2. The smallest absolute Gasteiger partial charge is 0.154 e. The summed E-state index contributed by atoms with van der Waals surface area (Å²) in [5, 5.41) is 5.25. The van der Waals surface area contributed by atoms with Gasteiger partial charge in [0.1, 0.15) is 0 Å². The third-order valence-corrected chi connectivity index (χ3v) is 6.95. The Labute approximate surface area is 120 Å². The van der Waals surface area contributed by atoms with Crippen LogP contribution < -0.4 is 5.32 Å². The van der Waals surface area contributed by atoms with Gasteiger partial charge < -0.3 is 5.32 Å². The van der Waals surface area contributed by atoms with Crippen molar-refractivity contribution in [3.8, 4) is 0 Å². The molecule has 2 rings (SSSR count). The van der Waals surface area contributed by atoms with Gasteiger partial charge in [-0.05, 0) is 37.3 Å². The predicted octanol–water partition coefficient (Wildman–Crippen LogP) is 2.63. The SMILES string of the molecule is O=S(=O)(CCNCCc1cccs1)C1CCCCC1. The molecule has 0 spiro atoms. The van der Waals surface area contributed by atoms with Crippen LogP contribution in [0.3, 0.4) is 0 Å². The fraction of sp³-hybridized carbons (Fsp3) is 0.714. The average molecular weight is 301 g/mol. The molecule has 0 aromatic carbocycles. The standard InChI is InChI=1S/C14H23NO2S2/c16-19(17,14-6-2-1-3-7-14)12-10-15-9-8-13-5-4-11-18-13/h4-5,11,14-15H,1-3,6-10,12H2. The van der Waals surface area contributed by atoms with Crippen LogP contribution in [0.25, 0.3) is 0 Å². The molecule has 1 aliphatic carbocycles. The average Bonchev–Trinajstić information content (AvgIpc) is 2.92. The minimum absolute atomic E-state index is 0.0691. The molecular weight excluding hydrogens is 278 g/mol. The molecule has 5 heteroatoms. The van der Waals surface area contributed by atoms with E-state index < -0.39 is 9.84 Å². The Morgan fingerprint density at radius 1 is 1.21 bits per heavy atom. The Hall–Kier alpha value is -0.390. The number of hydrogen-bond acceptors (Lipinski definition) is 4. The molecule has 19 heavy (non-hydrogen) atoms. The number of hydrogen-bond donors (Lipinski definition) is 1. The summed E-state index contributed by atoms with van der Waals surface area (Å²) >= 11 is 1.75. The first-order valence-corrected chi connectivity index (χ1v) is 9.73. The third kappa shape index (κ3) is 4.89. The van der Waals surface area contributed by atoms with Gasteiger partial charge in [-0.1, -0.05) is 25.3 Å². The van der Waals surface area contributed by atoms with Gasteiger partial charge in [-0.25, -0.2) is 8.42 Å². The number of nitrogens with one attached hydrogen (secondary N) is 1. The van der Waals surface area contributed by atoms with E-state index in [9.17, 15) is 8.42 Å². The lowest BCUT2D eigenvalue weighted by Crippen LogP contribution is -2.32. The van der Waals surface area contributed by atoms with Crippen molar-refractivity contribution < 1.29 is 8.42 Å². The second-order valence-electron chi connectivity index (χ2n) is 5.21. The molecule has 0 bridgehead atoms. The summed E-state index contributed by atoms with van der Waals surface area (Å²) in [6.45, 7) is 1.45. The second-order valence-corrected chi connectivity index (χ2v) is 8.64. The number of rotatable bonds is 7. The molecule has 1 aromatic heterocycles. The van der Waals surface area contributed by atoms with Crippen LogP contribution in [0.5, 0.6) is 0 Å². The summed E-state index contributed by atoms with van der Waals surface area (Å²) in [5.41, 5.74) is 0. The molecule has 3 nitrogen and oxygen atoms in total. The lowest BCUT2D eigenvalue weighted by Gasteiger charge is -2.21. The second kappa shape index (κ2) is 7.41. The maximum absolute atomic E-state index is 12.1. The zero-order valence-corrected chi connectivity index (χ0v) is 12.9. The van der Waals surface area contributed by atoms with Gasteiger partial charge in [-0.2, -0.15) is 0 Å². The van der Waals surface area contributed by atoms with Gasteiger partial charge >= 0.3 is 0 Å². The minimum Gasteiger partial charge on any atom is -0.315 e. The highest BCUT2D eigenvalue weighted by atomic mass is 32.2. The first-order chi connectivity index (χ1) is 9.18. The normalized spacial score (nSPS) is 17.7. The van der Waals surface area contributed by atoms with Gasteiger partial charge in [0.25, 0.3) is 0 Å². The van der Waals surface area contributed by atoms with Crippen LogP contribution in [0.2, 0.25) is 0 Å². The molecule has 0 saturated heterocycles. The van der Waals surface area contributed by atoms with E-state index in [0.717, 1.165) is 38.6 Å². The van der Waals surface area contributed by atoms with Crippen LogP contribution in [-0.2, 0) is 16.3 Å². The Kier molecular flexibility index (Phi) is 5.85. The third-order valence-electron chi connectivity index (χ3n) is 3.75. The summed E-state index contributed by atoms with van der Waals surface area (Å²) in [4.78, 5) is 1.35. The van der Waals surface area contributed by atoms with Crippen LogP contribution in [0, 0.1) is 0 Å². The van der Waals surface area contributed by atoms with Crippen molar-refractivity contribution in [1.29, 1.82) is 0 Å². The molecule has 1 fully saturated rings. The van der Waals surface area contributed by atoms with E-state index in [2.05, 4.69) is 16.8 Å². The van der Waals surface area contributed by atoms with Crippen LogP contribution in [-0.4, -0.2) is 32.5 Å². The van der Waals surface area contributed by atoms with Gasteiger partial charge in [0.15, 0.2) is 9.84 Å². The Morgan fingerprint density at radius 3 is 2.68 bits per heavy atom. The molecule has 108 valence electrons. The van der Waals surface area contributed by atoms with Crippen molar-refractivity contribution in [2.75, 3.05) is 18.8 Å². The summed E-state index contributed by atoms with van der Waals surface area (Å²) < 4.78 is 24.3. The van der Waals surface area contributed by atoms with E-state index in [0.29, 0.717) is 12.3 Å². The molecule has 0 unspecified atom stereocenters. The van der Waals surface area contributed by atoms with Gasteiger partial charge in [0, 0.05) is 11.4 Å². The van der Waals surface area contributed by atoms with Gasteiger partial charge in [0.05, 0.1) is 11.0 Å². The largest absolute Gasteiger partial charge is 0.315 e. The van der Waals surface area contributed by atoms with E-state index in [4.69, 9.17) is 0 Å². The first kappa shape index (κ1) is 15.0. The highest BCUT2D eigenvalue weighted by Gasteiger charge is 2.26. The fourth-order valence-electron chi connectivity index (χ4n) is 2.60. The van der Waals surface area contributed by atoms with Crippen molar-refractivity contribution in [3.63, 3.8) is 0 Å². The van der Waals surface area contributed by atoms with Gasteiger partial charge in [-0.3, -0.25) is 0 Å². The quantitative estimate of drug-likeness (QED) is 0.788. The summed E-state index contributed by atoms with van der Waals surface area (Å²) in [6, 6.07) is 4.17. The van der Waals surface area contributed by atoms with Crippen molar-refractivity contribution in [3.05, 3.63) is 22.4 Å². The molecule has 0 aliphatic heterocycles. The summed E-state index contributed by atoms with van der Waals surface area (Å²) in [5.74, 6) is 0.294. The predicted molar refractivity (Wildman–Crippen MR) is 81.6 cm³/mol. The van der Waals surface area contributed by atoms with E-state index in [1.807, 2.05) is 6.07 Å². The van der Waals surface area contributed by atoms with Crippen molar-refractivity contribution >= 4 is 21.2 Å². The van der Waals surface area contributed by atoms with Gasteiger partial charge in [0.2, 0.25) is 0 Å². The zero-order chi connectivity index (χ0) is 13.6. The van der Waals surface area contributed by atoms with Crippen LogP contribution >= 0.6 is 11.3 Å². The Morgan fingerprint density at radius 2 is 2.00 bits per heavy atom. The number of thiophene rings is 1. The van der Waals surface area contributed by atoms with Gasteiger partial charge in [-0.15, -0.1) is 11.3 Å². The molecule has 1 N–H and O–H groups in total. The van der Waals surface area contributed by atoms with Crippen LogP contribution in [0.1, 0.15) is 37.0 Å². The lowest BCUT2D eigenvalue weighted by molar-refractivity contribution is 0.483. The van der Waals surface area contributed by atoms with Crippen LogP contribution in [0.15, 0.2) is 17.5 Å². The van der Waals surface area contributed by atoms with E-state index in [1.54, 1.807) is 11.3 Å². The monoisotopic (exact) mass is 301 g/mol. The number of sulfone groups is 1. The molecule has 1 aliphatic rings. The highest BCUT2D eigenvalue weighted by molar-refractivity contribution is 7.92. The molecule has 0 atom stereocenters. The zero-order valence-electron chi connectivity index (χ0n) is 11.3. The highest BCUT2D eigenvalue weighted by Crippen LogP contribution is 2.23. The minimum atomic E-state index is -2.88. The lowest BCUT2D eigenvalue weighted by atomic mass is 10.0. The van der Waals surface area contributed by atoms with E-state index in [-0.39, 0.29) is 5.25 Å². The maximum Gasteiger partial charge on any atom is 0.154 e.